The van der Waals surface area contributed by atoms with Gasteiger partial charge in [0, 0.05) is 0 Å². The van der Waals surface area contributed by atoms with Gasteiger partial charge < -0.3 is 10.0 Å². The van der Waals surface area contributed by atoms with Gasteiger partial charge in [-0.05, 0) is 30.5 Å². The number of rotatable bonds is 4. The second-order valence-corrected chi connectivity index (χ2v) is 6.25. The van der Waals surface area contributed by atoms with Crippen LogP contribution in [0.25, 0.3) is 0 Å². The molecule has 1 unspecified atom stereocenters. The maximum atomic E-state index is 13.0. The molecule has 23 heavy (non-hydrogen) atoms. The first-order valence-corrected chi connectivity index (χ1v) is 7.61. The lowest BCUT2D eigenvalue weighted by Gasteiger charge is -2.23. The van der Waals surface area contributed by atoms with Crippen LogP contribution >= 0.6 is 0 Å². The number of aryl methyl sites for hydroxylation is 1. The summed E-state index contributed by atoms with van der Waals surface area (Å²) in [5.74, 6) is -1.11. The Hall–Kier alpha value is -2.62. The number of nitrogens with zero attached hydrogens (tertiary/aromatic N) is 1. The molecule has 0 saturated carbocycles. The maximum Gasteiger partial charge on any atom is 0.304 e. The summed E-state index contributed by atoms with van der Waals surface area (Å²) in [7, 11) is 0. The molecule has 1 atom stereocenters. The van der Waals surface area contributed by atoms with E-state index in [2.05, 4.69) is 0 Å². The van der Waals surface area contributed by atoms with E-state index in [1.54, 1.807) is 11.8 Å². The van der Waals surface area contributed by atoms with Crippen LogP contribution in [0.5, 0.6) is 0 Å². The molecule has 1 heterocycles. The molecule has 1 N–H and O–H groups in total. The molecule has 1 amide bonds. The molecule has 0 bridgehead atoms. The molecule has 0 saturated heterocycles. The fraction of sp³-hybridized carbons (Fsp3) is 0.263. The van der Waals surface area contributed by atoms with E-state index in [1.165, 1.54) is 0 Å². The number of carboxylic acids is 1. The van der Waals surface area contributed by atoms with E-state index >= 15 is 0 Å². The predicted molar refractivity (Wildman–Crippen MR) is 88.4 cm³/mol. The highest BCUT2D eigenvalue weighted by Gasteiger charge is 2.49. The first-order chi connectivity index (χ1) is 10.9. The predicted octanol–water partition coefficient (Wildman–Crippen LogP) is 3.27. The normalized spacial score (nSPS) is 19.7. The van der Waals surface area contributed by atoms with Crippen LogP contribution in [0.15, 0.2) is 48.5 Å². The number of amides is 1. The molecule has 4 heteroatoms. The van der Waals surface area contributed by atoms with Crippen LogP contribution in [0.3, 0.4) is 0 Å². The SMILES string of the molecule is Cc1cccc2c1N(Cc1ccccc1)C(=O)C2(C)CC(=O)O. The molecule has 0 spiro atoms. The summed E-state index contributed by atoms with van der Waals surface area (Å²) in [6, 6.07) is 15.5. The molecular weight excluding hydrogens is 290 g/mol. The molecule has 4 nitrogen and oxygen atoms in total. The number of hydrogen-bond acceptors (Lipinski definition) is 2. The minimum Gasteiger partial charge on any atom is -0.481 e. The number of fused-ring (bicyclic) bond motifs is 1. The van der Waals surface area contributed by atoms with Gasteiger partial charge in [0.15, 0.2) is 0 Å². The van der Waals surface area contributed by atoms with Crippen molar-refractivity contribution in [3.63, 3.8) is 0 Å². The average Bonchev–Trinajstić information content (AvgIpc) is 2.71. The minimum absolute atomic E-state index is 0.145. The molecule has 2 aromatic carbocycles. The van der Waals surface area contributed by atoms with Crippen LogP contribution in [0.4, 0.5) is 5.69 Å². The first-order valence-electron chi connectivity index (χ1n) is 7.61. The van der Waals surface area contributed by atoms with Crippen molar-refractivity contribution in [3.8, 4) is 0 Å². The van der Waals surface area contributed by atoms with Crippen molar-refractivity contribution in [2.24, 2.45) is 0 Å². The van der Waals surface area contributed by atoms with Gasteiger partial charge in [-0.3, -0.25) is 9.59 Å². The average molecular weight is 309 g/mol. The van der Waals surface area contributed by atoms with Crippen molar-refractivity contribution in [2.45, 2.75) is 32.2 Å². The van der Waals surface area contributed by atoms with E-state index in [0.29, 0.717) is 6.54 Å². The number of aliphatic carboxylic acids is 1. The Labute approximate surface area is 135 Å². The number of carbonyl (C=O) groups is 2. The summed E-state index contributed by atoms with van der Waals surface area (Å²) in [4.78, 5) is 26.1. The van der Waals surface area contributed by atoms with Crippen LogP contribution in [-0.2, 0) is 21.5 Å². The Bertz CT molecular complexity index is 769. The number of para-hydroxylation sites is 1. The van der Waals surface area contributed by atoms with E-state index in [1.807, 2.05) is 55.5 Å². The number of carboxylic acid groups (broad SMARTS) is 1. The number of benzene rings is 2. The van der Waals surface area contributed by atoms with E-state index in [0.717, 1.165) is 22.4 Å². The molecule has 118 valence electrons. The highest BCUT2D eigenvalue weighted by Crippen LogP contribution is 2.46. The van der Waals surface area contributed by atoms with Gasteiger partial charge in [0.2, 0.25) is 5.91 Å². The van der Waals surface area contributed by atoms with E-state index in [9.17, 15) is 14.7 Å². The van der Waals surface area contributed by atoms with Crippen LogP contribution in [0, 0.1) is 6.92 Å². The lowest BCUT2D eigenvalue weighted by Crippen LogP contribution is -2.39. The Morgan fingerprint density at radius 1 is 1.13 bits per heavy atom. The van der Waals surface area contributed by atoms with Gasteiger partial charge in [-0.2, -0.15) is 0 Å². The summed E-state index contributed by atoms with van der Waals surface area (Å²) in [6.07, 6.45) is -0.201. The van der Waals surface area contributed by atoms with Crippen molar-refractivity contribution >= 4 is 17.6 Å². The van der Waals surface area contributed by atoms with E-state index in [4.69, 9.17) is 0 Å². The van der Waals surface area contributed by atoms with Gasteiger partial charge in [0.1, 0.15) is 0 Å². The number of anilines is 1. The summed E-state index contributed by atoms with van der Waals surface area (Å²) >= 11 is 0. The third kappa shape index (κ3) is 2.50. The van der Waals surface area contributed by atoms with Crippen molar-refractivity contribution < 1.29 is 14.7 Å². The molecule has 3 rings (SSSR count). The molecule has 1 aliphatic heterocycles. The second kappa shape index (κ2) is 5.54. The Kier molecular flexibility index (Phi) is 3.68. The topological polar surface area (TPSA) is 57.6 Å². The summed E-state index contributed by atoms with van der Waals surface area (Å²) in [5, 5.41) is 9.26. The zero-order chi connectivity index (χ0) is 16.6. The van der Waals surface area contributed by atoms with Crippen LogP contribution in [0.2, 0.25) is 0 Å². The maximum absolute atomic E-state index is 13.0. The molecule has 0 radical (unpaired) electrons. The van der Waals surface area contributed by atoms with Crippen molar-refractivity contribution in [1.29, 1.82) is 0 Å². The largest absolute Gasteiger partial charge is 0.481 e. The molecule has 0 fully saturated rings. The van der Waals surface area contributed by atoms with E-state index < -0.39 is 11.4 Å². The number of carbonyl (C=O) groups excluding carboxylic acids is 1. The zero-order valence-electron chi connectivity index (χ0n) is 13.2. The quantitative estimate of drug-likeness (QED) is 0.943. The zero-order valence-corrected chi connectivity index (χ0v) is 13.2. The highest BCUT2D eigenvalue weighted by molar-refractivity contribution is 6.10. The lowest BCUT2D eigenvalue weighted by atomic mass is 9.80. The highest BCUT2D eigenvalue weighted by atomic mass is 16.4. The monoisotopic (exact) mass is 309 g/mol. The van der Waals surface area contributed by atoms with Gasteiger partial charge >= 0.3 is 5.97 Å². The Morgan fingerprint density at radius 2 is 1.83 bits per heavy atom. The van der Waals surface area contributed by atoms with Gasteiger partial charge in [-0.15, -0.1) is 0 Å². The standard InChI is InChI=1S/C19H19NO3/c1-13-7-6-10-15-17(13)20(12-14-8-4-3-5-9-14)18(23)19(15,2)11-16(21)22/h3-10H,11-12H2,1-2H3,(H,21,22). The van der Waals surface area contributed by atoms with Crippen LogP contribution in [0.1, 0.15) is 30.0 Å². The first kappa shape index (κ1) is 15.3. The Balaban J connectivity index is 2.09. The van der Waals surface area contributed by atoms with Gasteiger partial charge in [-0.1, -0.05) is 48.5 Å². The summed E-state index contributed by atoms with van der Waals surface area (Å²) in [5.41, 5.74) is 2.66. The van der Waals surface area contributed by atoms with Crippen LogP contribution in [-0.4, -0.2) is 17.0 Å². The third-order valence-corrected chi connectivity index (χ3v) is 4.51. The fourth-order valence-electron chi connectivity index (χ4n) is 3.37. The molecule has 0 aromatic heterocycles. The van der Waals surface area contributed by atoms with Crippen molar-refractivity contribution in [3.05, 3.63) is 65.2 Å². The summed E-state index contributed by atoms with van der Waals surface area (Å²) in [6.45, 7) is 4.13. The van der Waals surface area contributed by atoms with Gasteiger partial charge in [0.25, 0.3) is 0 Å². The Morgan fingerprint density at radius 3 is 2.48 bits per heavy atom. The van der Waals surface area contributed by atoms with Crippen molar-refractivity contribution in [1.82, 2.24) is 0 Å². The van der Waals surface area contributed by atoms with Crippen LogP contribution < -0.4 is 4.90 Å². The summed E-state index contributed by atoms with van der Waals surface area (Å²) < 4.78 is 0. The van der Waals surface area contributed by atoms with E-state index in [-0.39, 0.29) is 12.3 Å². The minimum atomic E-state index is -1.01. The molecular formula is C19H19NO3. The van der Waals surface area contributed by atoms with Crippen molar-refractivity contribution in [2.75, 3.05) is 4.90 Å². The smallest absolute Gasteiger partial charge is 0.304 e. The molecule has 0 aliphatic carbocycles. The fourth-order valence-corrected chi connectivity index (χ4v) is 3.37. The third-order valence-electron chi connectivity index (χ3n) is 4.51. The molecule has 2 aromatic rings. The second-order valence-electron chi connectivity index (χ2n) is 6.25. The molecule has 1 aliphatic rings. The van der Waals surface area contributed by atoms with Gasteiger partial charge in [0.05, 0.1) is 24.1 Å². The number of hydrogen-bond donors (Lipinski definition) is 1. The van der Waals surface area contributed by atoms with Gasteiger partial charge in [-0.25, -0.2) is 0 Å². The lowest BCUT2D eigenvalue weighted by molar-refractivity contribution is -0.141.